The Hall–Kier alpha value is 0.770. The first-order valence-corrected chi connectivity index (χ1v) is 17.2. The van der Waals surface area contributed by atoms with Crippen LogP contribution in [0.3, 0.4) is 0 Å². The van der Waals surface area contributed by atoms with Crippen molar-refractivity contribution >= 4 is 78.8 Å². The van der Waals surface area contributed by atoms with Gasteiger partial charge in [0.25, 0.3) is 0 Å². The van der Waals surface area contributed by atoms with Crippen LogP contribution < -0.4 is 0 Å². The molecule has 0 saturated heterocycles. The molecule has 15 heteroatoms. The van der Waals surface area contributed by atoms with Crippen LogP contribution in [0.25, 0.3) is 0 Å². The maximum Gasteiger partial charge on any atom is 0.445 e. The molecule has 0 fully saturated rings. The molecule has 0 bridgehead atoms. The Labute approximate surface area is 247 Å². The predicted octanol–water partition coefficient (Wildman–Crippen LogP) is 7.98. The van der Waals surface area contributed by atoms with E-state index in [1.54, 1.807) is 0 Å². The van der Waals surface area contributed by atoms with E-state index in [-0.39, 0.29) is 16.8 Å². The summed E-state index contributed by atoms with van der Waals surface area (Å²) in [6.07, 6.45) is 10.7. The molecule has 0 spiro atoms. The van der Waals surface area contributed by atoms with Gasteiger partial charge in [0, 0.05) is 5.38 Å². The Kier molecular flexibility index (Phi) is 21.0. The number of rotatable bonds is 23. The third-order valence-electron chi connectivity index (χ3n) is 5.54. The third-order valence-corrected chi connectivity index (χ3v) is 8.62. The van der Waals surface area contributed by atoms with E-state index in [0.717, 1.165) is 70.5 Å². The molecule has 0 aliphatic carbocycles. The van der Waals surface area contributed by atoms with Crippen molar-refractivity contribution in [3.05, 3.63) is 11.3 Å². The van der Waals surface area contributed by atoms with Crippen molar-refractivity contribution in [1.29, 1.82) is 0 Å². The molecule has 0 aliphatic heterocycles. The highest BCUT2D eigenvalue weighted by Crippen LogP contribution is 2.30. The molecule has 5 unspecified atom stereocenters. The number of hydrogen-bond acceptors (Lipinski definition) is 6. The first-order valence-electron chi connectivity index (χ1n) is 12.4. The van der Waals surface area contributed by atoms with Crippen molar-refractivity contribution in [2.24, 2.45) is 0 Å². The second-order valence-corrected chi connectivity index (χ2v) is 13.7. The molecule has 37 heavy (non-hydrogen) atoms. The molecule has 0 heterocycles. The van der Waals surface area contributed by atoms with E-state index in [0.29, 0.717) is 19.3 Å². The van der Waals surface area contributed by atoms with Crippen molar-refractivity contribution < 1.29 is 34.3 Å². The average molecular weight is 673 g/mol. The maximum atomic E-state index is 11.4. The summed E-state index contributed by atoms with van der Waals surface area (Å²) in [5, 5.41) is -2.53. The van der Waals surface area contributed by atoms with Gasteiger partial charge in [-0.15, -0.1) is 46.4 Å². The second-order valence-electron chi connectivity index (χ2n) is 8.90. The first kappa shape index (κ1) is 37.8. The summed E-state index contributed by atoms with van der Waals surface area (Å²) in [5.41, 5.74) is 0. The summed E-state index contributed by atoms with van der Waals surface area (Å²) in [7, 11) is -9.33. The molecule has 8 nitrogen and oxygen atoms in total. The normalized spacial score (nSPS) is 17.2. The van der Waals surface area contributed by atoms with E-state index >= 15 is 0 Å². The highest BCUT2D eigenvalue weighted by Gasteiger charge is 2.36. The number of allylic oxidation sites excluding steroid dienone is 1. The largest absolute Gasteiger partial charge is 0.445 e. The van der Waals surface area contributed by atoms with Gasteiger partial charge in [-0.2, -0.15) is 16.8 Å². The van der Waals surface area contributed by atoms with Crippen molar-refractivity contribution in [3.8, 4) is 0 Å². The van der Waals surface area contributed by atoms with Gasteiger partial charge >= 0.3 is 20.8 Å². The van der Waals surface area contributed by atoms with Crippen LogP contribution in [0.1, 0.15) is 96.8 Å². The van der Waals surface area contributed by atoms with Crippen molar-refractivity contribution in [1.82, 2.24) is 0 Å². The lowest BCUT2D eigenvalue weighted by Gasteiger charge is -2.29. The number of halogens is 5. The standard InChI is InChI=1S/C22H39Cl5O8S2/c1-2-3-4-11-14-19(25)21(27)22(35-37(31,32)33)20(26)15-17(23)12-9-7-5-6-8-10-13-18(24)16-34-36(28,29)30/h16-17,19-22H,2-15H2,1H3,(H,28,29,30)(H,31,32,33)/b18-16-. The molecule has 5 atom stereocenters. The van der Waals surface area contributed by atoms with E-state index < -0.39 is 43.0 Å². The van der Waals surface area contributed by atoms with Crippen molar-refractivity contribution in [3.63, 3.8) is 0 Å². The zero-order valence-electron chi connectivity index (χ0n) is 20.9. The van der Waals surface area contributed by atoms with Gasteiger partial charge in [0.15, 0.2) is 0 Å². The Morgan fingerprint density at radius 1 is 0.784 bits per heavy atom. The number of hydrogen-bond donors (Lipinski definition) is 2. The molecule has 0 amide bonds. The molecule has 0 aliphatic rings. The Morgan fingerprint density at radius 2 is 1.32 bits per heavy atom. The van der Waals surface area contributed by atoms with E-state index in [1.165, 1.54) is 0 Å². The molecule has 0 aromatic carbocycles. The second kappa shape index (κ2) is 20.6. The van der Waals surface area contributed by atoms with Crippen LogP contribution in [0.2, 0.25) is 0 Å². The van der Waals surface area contributed by atoms with E-state index in [1.807, 2.05) is 0 Å². The van der Waals surface area contributed by atoms with Gasteiger partial charge in [-0.25, -0.2) is 4.18 Å². The minimum atomic E-state index is -4.79. The average Bonchev–Trinajstić information content (AvgIpc) is 2.78. The summed E-state index contributed by atoms with van der Waals surface area (Å²) in [6, 6.07) is 0. The van der Waals surface area contributed by atoms with Crippen LogP contribution in [-0.2, 0) is 29.2 Å². The van der Waals surface area contributed by atoms with Crippen LogP contribution in [-0.4, -0.2) is 53.6 Å². The molecule has 0 saturated carbocycles. The summed E-state index contributed by atoms with van der Waals surface area (Å²) < 4.78 is 70.3. The first-order chi connectivity index (χ1) is 17.2. The minimum absolute atomic E-state index is 0.200. The SMILES string of the molecule is CCCCCCC(Cl)C(Cl)C(OS(=O)(=O)O)C(Cl)CC(Cl)CCCCCCCC/C(Cl)=C/OS(=O)(=O)O. The molecule has 222 valence electrons. The van der Waals surface area contributed by atoms with E-state index in [2.05, 4.69) is 11.1 Å². The highest BCUT2D eigenvalue weighted by molar-refractivity contribution is 7.81. The lowest BCUT2D eigenvalue weighted by atomic mass is 10.00. The summed E-state index contributed by atoms with van der Waals surface area (Å²) in [6.45, 7) is 2.09. The van der Waals surface area contributed by atoms with Crippen LogP contribution >= 0.6 is 58.0 Å². The predicted molar refractivity (Wildman–Crippen MR) is 152 cm³/mol. The maximum absolute atomic E-state index is 11.4. The minimum Gasteiger partial charge on any atom is -0.369 e. The topological polar surface area (TPSA) is 127 Å². The smallest absolute Gasteiger partial charge is 0.369 e. The van der Waals surface area contributed by atoms with Gasteiger partial charge in [0.05, 0.1) is 21.2 Å². The summed E-state index contributed by atoms with van der Waals surface area (Å²) in [4.78, 5) is 0. The molecular formula is C22H39Cl5O8S2. The highest BCUT2D eigenvalue weighted by atomic mass is 35.5. The zero-order valence-corrected chi connectivity index (χ0v) is 26.3. The van der Waals surface area contributed by atoms with Gasteiger partial charge in [-0.05, 0) is 32.1 Å². The van der Waals surface area contributed by atoms with Gasteiger partial charge < -0.3 is 4.18 Å². The van der Waals surface area contributed by atoms with Gasteiger partial charge in [0.1, 0.15) is 12.4 Å². The van der Waals surface area contributed by atoms with Gasteiger partial charge in [-0.1, -0.05) is 76.3 Å². The summed E-state index contributed by atoms with van der Waals surface area (Å²) >= 11 is 31.5. The van der Waals surface area contributed by atoms with Gasteiger partial charge in [0.2, 0.25) is 0 Å². The van der Waals surface area contributed by atoms with Crippen LogP contribution in [0, 0.1) is 0 Å². The Bertz CT molecular complexity index is 842. The zero-order chi connectivity index (χ0) is 28.5. The molecule has 0 radical (unpaired) electrons. The lowest BCUT2D eigenvalue weighted by molar-refractivity contribution is 0.165. The van der Waals surface area contributed by atoms with Crippen molar-refractivity contribution in [2.45, 2.75) is 124 Å². The van der Waals surface area contributed by atoms with E-state index in [4.69, 9.17) is 66.7 Å². The van der Waals surface area contributed by atoms with Crippen LogP contribution in [0.5, 0.6) is 0 Å². The lowest BCUT2D eigenvalue weighted by Crippen LogP contribution is -2.41. The fourth-order valence-electron chi connectivity index (χ4n) is 3.62. The fourth-order valence-corrected chi connectivity index (χ4v) is 6.33. The fraction of sp³-hybridized carbons (Fsp3) is 0.909. The summed E-state index contributed by atoms with van der Waals surface area (Å²) in [5.74, 6) is 0. The van der Waals surface area contributed by atoms with E-state index in [9.17, 15) is 21.4 Å². The molecule has 0 rings (SSSR count). The molecule has 0 aromatic heterocycles. The van der Waals surface area contributed by atoms with Crippen molar-refractivity contribution in [2.75, 3.05) is 0 Å². The molecular weight excluding hydrogens is 634 g/mol. The van der Waals surface area contributed by atoms with Crippen LogP contribution in [0.4, 0.5) is 0 Å². The molecule has 0 aromatic rings. The number of unbranched alkanes of at least 4 members (excludes halogenated alkanes) is 8. The van der Waals surface area contributed by atoms with Crippen LogP contribution in [0.15, 0.2) is 11.3 Å². The van der Waals surface area contributed by atoms with Gasteiger partial charge in [-0.3, -0.25) is 9.11 Å². The Balaban J connectivity index is 4.39. The third kappa shape index (κ3) is 22.2. The quantitative estimate of drug-likeness (QED) is 0.0484. The number of alkyl halides is 4. The Morgan fingerprint density at radius 3 is 1.89 bits per heavy atom. The molecule has 2 N–H and O–H groups in total. The monoisotopic (exact) mass is 670 g/mol.